The molecule has 0 radical (unpaired) electrons. The number of sulfonamides is 1. The molecule has 4 N–H and O–H groups in total. The summed E-state index contributed by atoms with van der Waals surface area (Å²) in [6, 6.07) is 3.76. The molecule has 1 rings (SSSR count). The standard InChI is InChI=1S/C17H31N3O3S.ClH/c1-14-12-15(2)17(16(3)13-14)24(21,22)20(23-11-7-9-19)10-6-4-5-8-18;/h12-13H,4-11,18-19H2,1-3H3;1H. The Labute approximate surface area is 158 Å². The van der Waals surface area contributed by atoms with Gasteiger partial charge in [0, 0.05) is 6.54 Å². The molecule has 0 amide bonds. The summed E-state index contributed by atoms with van der Waals surface area (Å²) < 4.78 is 27.3. The lowest BCUT2D eigenvalue weighted by Crippen LogP contribution is -2.34. The van der Waals surface area contributed by atoms with Gasteiger partial charge in [-0.1, -0.05) is 28.6 Å². The van der Waals surface area contributed by atoms with Crippen molar-refractivity contribution >= 4 is 22.4 Å². The molecule has 8 heteroatoms. The number of aryl methyl sites for hydroxylation is 3. The van der Waals surface area contributed by atoms with E-state index in [2.05, 4.69) is 0 Å². The van der Waals surface area contributed by atoms with Gasteiger partial charge in [0.2, 0.25) is 0 Å². The van der Waals surface area contributed by atoms with Crippen molar-refractivity contribution in [3.63, 3.8) is 0 Å². The van der Waals surface area contributed by atoms with Crippen LogP contribution in [0.5, 0.6) is 0 Å². The summed E-state index contributed by atoms with van der Waals surface area (Å²) in [6.45, 7) is 7.27. The van der Waals surface area contributed by atoms with Crippen molar-refractivity contribution in [2.24, 2.45) is 11.5 Å². The minimum absolute atomic E-state index is 0. The maximum absolute atomic E-state index is 13.1. The third kappa shape index (κ3) is 7.21. The molecule has 6 nitrogen and oxygen atoms in total. The summed E-state index contributed by atoms with van der Waals surface area (Å²) in [5, 5.41) is 0. The van der Waals surface area contributed by atoms with E-state index in [-0.39, 0.29) is 19.0 Å². The highest BCUT2D eigenvalue weighted by Gasteiger charge is 2.28. The fraction of sp³-hybridized carbons (Fsp3) is 0.647. The summed E-state index contributed by atoms with van der Waals surface area (Å²) in [7, 11) is -3.71. The van der Waals surface area contributed by atoms with E-state index < -0.39 is 10.0 Å². The highest BCUT2D eigenvalue weighted by atomic mass is 35.5. The average Bonchev–Trinajstić information content (AvgIpc) is 2.48. The van der Waals surface area contributed by atoms with Crippen molar-refractivity contribution in [1.29, 1.82) is 0 Å². The maximum atomic E-state index is 13.1. The first-order valence-electron chi connectivity index (χ1n) is 8.48. The van der Waals surface area contributed by atoms with Crippen LogP contribution < -0.4 is 11.5 Å². The Morgan fingerprint density at radius 2 is 1.52 bits per heavy atom. The number of halogens is 1. The molecule has 0 aliphatic heterocycles. The summed E-state index contributed by atoms with van der Waals surface area (Å²) in [5.74, 6) is 0. The van der Waals surface area contributed by atoms with Gasteiger partial charge >= 0.3 is 0 Å². The molecule has 146 valence electrons. The SMILES string of the molecule is Cc1cc(C)c(S(=O)(=O)N(CCCCCN)OCCCN)c(C)c1.Cl. The lowest BCUT2D eigenvalue weighted by molar-refractivity contribution is -0.0853. The molecule has 1 aromatic carbocycles. The Morgan fingerprint density at radius 1 is 0.960 bits per heavy atom. The van der Waals surface area contributed by atoms with E-state index in [1.54, 1.807) is 0 Å². The van der Waals surface area contributed by atoms with Crippen LogP contribution in [0.25, 0.3) is 0 Å². The number of hydrogen-bond donors (Lipinski definition) is 2. The summed E-state index contributed by atoms with van der Waals surface area (Å²) in [6.07, 6.45) is 3.07. The van der Waals surface area contributed by atoms with Crippen LogP contribution in [0, 0.1) is 20.8 Å². The first-order chi connectivity index (χ1) is 11.3. The molecule has 0 fully saturated rings. The van der Waals surface area contributed by atoms with Crippen LogP contribution in [0.1, 0.15) is 42.4 Å². The monoisotopic (exact) mass is 393 g/mol. The minimum Gasteiger partial charge on any atom is -0.330 e. The van der Waals surface area contributed by atoms with Crippen molar-refractivity contribution in [2.45, 2.75) is 51.3 Å². The Kier molecular flexibility index (Phi) is 11.5. The van der Waals surface area contributed by atoms with Crippen LogP contribution >= 0.6 is 12.4 Å². The molecular weight excluding hydrogens is 362 g/mol. The fourth-order valence-electron chi connectivity index (χ4n) is 2.74. The number of unbranched alkanes of at least 4 members (excludes halogenated alkanes) is 2. The molecule has 1 aromatic rings. The van der Waals surface area contributed by atoms with Crippen LogP contribution in [0.4, 0.5) is 0 Å². The van der Waals surface area contributed by atoms with Crippen molar-refractivity contribution in [3.05, 3.63) is 28.8 Å². The molecule has 0 bridgehead atoms. The second-order valence-corrected chi connectivity index (χ2v) is 7.85. The number of nitrogens with two attached hydrogens (primary N) is 2. The molecule has 0 aliphatic carbocycles. The molecule has 0 unspecified atom stereocenters. The molecule has 0 saturated carbocycles. The highest BCUT2D eigenvalue weighted by Crippen LogP contribution is 2.26. The van der Waals surface area contributed by atoms with Gasteiger partial charge in [0.05, 0.1) is 11.5 Å². The first-order valence-corrected chi connectivity index (χ1v) is 9.92. The molecule has 0 heterocycles. The van der Waals surface area contributed by atoms with Crippen molar-refractivity contribution in [3.8, 4) is 0 Å². The predicted molar refractivity (Wildman–Crippen MR) is 104 cm³/mol. The quantitative estimate of drug-likeness (QED) is 0.444. The van der Waals surface area contributed by atoms with Gasteiger partial charge in [-0.3, -0.25) is 4.84 Å². The van der Waals surface area contributed by atoms with E-state index in [9.17, 15) is 8.42 Å². The van der Waals surface area contributed by atoms with Gasteiger partial charge in [0.1, 0.15) is 0 Å². The lowest BCUT2D eigenvalue weighted by atomic mass is 10.1. The van der Waals surface area contributed by atoms with Gasteiger partial charge in [0.15, 0.2) is 0 Å². The zero-order valence-corrected chi connectivity index (χ0v) is 17.1. The highest BCUT2D eigenvalue weighted by molar-refractivity contribution is 7.89. The normalized spacial score (nSPS) is 11.6. The summed E-state index contributed by atoms with van der Waals surface area (Å²) in [4.78, 5) is 5.89. The largest absolute Gasteiger partial charge is 0.330 e. The number of benzene rings is 1. The molecule has 0 aliphatic rings. The van der Waals surface area contributed by atoms with Crippen LogP contribution in [0.15, 0.2) is 17.0 Å². The van der Waals surface area contributed by atoms with Gasteiger partial charge < -0.3 is 11.5 Å². The zero-order chi connectivity index (χ0) is 18.2. The smallest absolute Gasteiger partial charge is 0.265 e. The Hall–Kier alpha value is -0.700. The van der Waals surface area contributed by atoms with Gasteiger partial charge in [-0.15, -0.1) is 12.4 Å². The Balaban J connectivity index is 0.00000576. The fourth-order valence-corrected chi connectivity index (χ4v) is 4.46. The van der Waals surface area contributed by atoms with Crippen molar-refractivity contribution in [2.75, 3.05) is 26.2 Å². The second kappa shape index (κ2) is 11.8. The molecule has 25 heavy (non-hydrogen) atoms. The van der Waals surface area contributed by atoms with Crippen molar-refractivity contribution < 1.29 is 13.3 Å². The summed E-state index contributed by atoms with van der Waals surface area (Å²) in [5.41, 5.74) is 13.5. The number of nitrogens with zero attached hydrogens (tertiary/aromatic N) is 1. The molecule has 0 atom stereocenters. The Morgan fingerprint density at radius 3 is 2.04 bits per heavy atom. The number of hydrogen-bond acceptors (Lipinski definition) is 5. The topological polar surface area (TPSA) is 98.7 Å². The average molecular weight is 394 g/mol. The summed E-state index contributed by atoms with van der Waals surface area (Å²) >= 11 is 0. The zero-order valence-electron chi connectivity index (χ0n) is 15.5. The van der Waals surface area contributed by atoms with E-state index in [0.717, 1.165) is 34.0 Å². The van der Waals surface area contributed by atoms with Crippen LogP contribution in [-0.2, 0) is 14.9 Å². The lowest BCUT2D eigenvalue weighted by Gasteiger charge is -2.23. The predicted octanol–water partition coefficient (Wildman–Crippen LogP) is 2.43. The van der Waals surface area contributed by atoms with Gasteiger partial charge in [-0.2, -0.15) is 0 Å². The van der Waals surface area contributed by atoms with Crippen molar-refractivity contribution in [1.82, 2.24) is 4.47 Å². The van der Waals surface area contributed by atoms with Gasteiger partial charge in [0.25, 0.3) is 10.0 Å². The molecule has 0 spiro atoms. The maximum Gasteiger partial charge on any atom is 0.265 e. The van der Waals surface area contributed by atoms with Crippen LogP contribution in [-0.4, -0.2) is 39.1 Å². The third-order valence-corrected chi connectivity index (χ3v) is 5.74. The Bertz CT molecular complexity index is 601. The molecular formula is C17H32ClN3O3S. The number of hydroxylamine groups is 1. The third-order valence-electron chi connectivity index (χ3n) is 3.76. The van der Waals surface area contributed by atoms with E-state index >= 15 is 0 Å². The van der Waals surface area contributed by atoms with Crippen LogP contribution in [0.2, 0.25) is 0 Å². The minimum atomic E-state index is -3.71. The second-order valence-electron chi connectivity index (χ2n) is 6.08. The van der Waals surface area contributed by atoms with Gasteiger partial charge in [-0.05, 0) is 64.3 Å². The van der Waals surface area contributed by atoms with Gasteiger partial charge in [-0.25, -0.2) is 8.42 Å². The number of rotatable bonds is 11. The van der Waals surface area contributed by atoms with Crippen LogP contribution in [0.3, 0.4) is 0 Å². The van der Waals surface area contributed by atoms with E-state index in [0.29, 0.717) is 37.4 Å². The molecule has 0 saturated heterocycles. The van der Waals surface area contributed by atoms with E-state index in [1.165, 1.54) is 0 Å². The van der Waals surface area contributed by atoms with E-state index in [4.69, 9.17) is 16.3 Å². The van der Waals surface area contributed by atoms with E-state index in [1.807, 2.05) is 32.9 Å². The first kappa shape index (κ1) is 24.3. The molecule has 0 aromatic heterocycles.